The van der Waals surface area contributed by atoms with Gasteiger partial charge in [0.15, 0.2) is 0 Å². The summed E-state index contributed by atoms with van der Waals surface area (Å²) in [4.78, 5) is 12.3. The molecule has 1 fully saturated rings. The summed E-state index contributed by atoms with van der Waals surface area (Å²) in [6, 6.07) is 4.08. The molecular weight excluding hydrogens is 332 g/mol. The summed E-state index contributed by atoms with van der Waals surface area (Å²) in [6.07, 6.45) is 5.37. The van der Waals surface area contributed by atoms with Crippen LogP contribution in [0.25, 0.3) is 0 Å². The second kappa shape index (κ2) is 6.79. The van der Waals surface area contributed by atoms with E-state index in [0.717, 1.165) is 54.6 Å². The van der Waals surface area contributed by atoms with Gasteiger partial charge in [-0.25, -0.2) is 0 Å². The van der Waals surface area contributed by atoms with Gasteiger partial charge in [0.2, 0.25) is 5.91 Å². The first-order chi connectivity index (χ1) is 10.2. The fourth-order valence-corrected chi connectivity index (χ4v) is 3.59. The molecule has 0 spiro atoms. The van der Waals surface area contributed by atoms with Gasteiger partial charge in [0, 0.05) is 23.0 Å². The van der Waals surface area contributed by atoms with E-state index in [-0.39, 0.29) is 11.9 Å². The maximum Gasteiger partial charge on any atom is 0.237 e. The molecular formula is C16H21BrN2O2. The summed E-state index contributed by atoms with van der Waals surface area (Å²) in [5.41, 5.74) is 2.28. The van der Waals surface area contributed by atoms with E-state index in [9.17, 15) is 4.79 Å². The zero-order chi connectivity index (χ0) is 14.7. The zero-order valence-corrected chi connectivity index (χ0v) is 13.7. The lowest BCUT2D eigenvalue weighted by atomic mass is 10.1. The van der Waals surface area contributed by atoms with Crippen LogP contribution in [0, 0.1) is 0 Å². The molecule has 2 heterocycles. The molecule has 1 saturated heterocycles. The first kappa shape index (κ1) is 14.9. The van der Waals surface area contributed by atoms with Gasteiger partial charge in [-0.3, -0.25) is 4.79 Å². The molecule has 0 radical (unpaired) electrons. The van der Waals surface area contributed by atoms with E-state index < -0.39 is 0 Å². The number of carbonyl (C=O) groups excluding carboxylic acids is 1. The highest BCUT2D eigenvalue weighted by atomic mass is 79.9. The average molecular weight is 353 g/mol. The molecule has 0 bridgehead atoms. The average Bonchev–Trinajstić information content (AvgIpc) is 2.77. The van der Waals surface area contributed by atoms with Crippen molar-refractivity contribution >= 4 is 21.8 Å². The number of fused-ring (bicyclic) bond motifs is 1. The molecule has 114 valence electrons. The second-order valence-corrected chi connectivity index (χ2v) is 6.64. The fraction of sp³-hybridized carbons (Fsp3) is 0.562. The van der Waals surface area contributed by atoms with Crippen LogP contribution in [0.2, 0.25) is 0 Å². The third-order valence-electron chi connectivity index (χ3n) is 4.16. The normalized spacial score (nSPS) is 21.3. The van der Waals surface area contributed by atoms with Crippen molar-refractivity contribution in [1.82, 2.24) is 10.6 Å². The standard InChI is InChI=1S/C16H21BrN2O2/c17-13-8-11-5-7-21-15(11)12(9-13)10-19-16(20)14-4-2-1-3-6-18-14/h8-9,14,18H,1-7,10H2,(H,19,20). The van der Waals surface area contributed by atoms with Crippen LogP contribution < -0.4 is 15.4 Å². The molecule has 0 aliphatic carbocycles. The van der Waals surface area contributed by atoms with Gasteiger partial charge >= 0.3 is 0 Å². The lowest BCUT2D eigenvalue weighted by molar-refractivity contribution is -0.123. The molecule has 1 aromatic rings. The predicted octanol–water partition coefficient (Wildman–Crippen LogP) is 2.53. The molecule has 1 atom stereocenters. The van der Waals surface area contributed by atoms with Crippen LogP contribution in [0.1, 0.15) is 36.8 Å². The van der Waals surface area contributed by atoms with E-state index >= 15 is 0 Å². The molecule has 2 aliphatic rings. The lowest BCUT2D eigenvalue weighted by Crippen LogP contribution is -2.43. The van der Waals surface area contributed by atoms with E-state index in [1.54, 1.807) is 0 Å². The van der Waals surface area contributed by atoms with Crippen LogP contribution in [0.4, 0.5) is 0 Å². The monoisotopic (exact) mass is 352 g/mol. The van der Waals surface area contributed by atoms with Gasteiger partial charge in [0.1, 0.15) is 5.75 Å². The molecule has 1 aromatic carbocycles. The Bertz CT molecular complexity index is 525. The number of carbonyl (C=O) groups is 1. The van der Waals surface area contributed by atoms with Crippen molar-refractivity contribution in [3.05, 3.63) is 27.7 Å². The van der Waals surface area contributed by atoms with Crippen molar-refractivity contribution < 1.29 is 9.53 Å². The smallest absolute Gasteiger partial charge is 0.237 e. The summed E-state index contributed by atoms with van der Waals surface area (Å²) in [5, 5.41) is 6.38. The van der Waals surface area contributed by atoms with Gasteiger partial charge < -0.3 is 15.4 Å². The fourth-order valence-electron chi connectivity index (χ4n) is 3.04. The number of amides is 1. The van der Waals surface area contributed by atoms with Gasteiger partial charge in [-0.05, 0) is 37.1 Å². The molecule has 0 aromatic heterocycles. The zero-order valence-electron chi connectivity index (χ0n) is 12.1. The number of hydrogen-bond donors (Lipinski definition) is 2. The molecule has 2 aliphatic heterocycles. The van der Waals surface area contributed by atoms with Gasteiger partial charge in [-0.1, -0.05) is 28.8 Å². The lowest BCUT2D eigenvalue weighted by Gasteiger charge is -2.16. The van der Waals surface area contributed by atoms with Gasteiger partial charge in [-0.2, -0.15) is 0 Å². The van der Waals surface area contributed by atoms with Crippen LogP contribution in [0.15, 0.2) is 16.6 Å². The molecule has 4 nitrogen and oxygen atoms in total. The number of hydrogen-bond acceptors (Lipinski definition) is 3. The van der Waals surface area contributed by atoms with Crippen LogP contribution >= 0.6 is 15.9 Å². The largest absolute Gasteiger partial charge is 0.493 e. The van der Waals surface area contributed by atoms with Crippen molar-refractivity contribution in [2.45, 2.75) is 44.7 Å². The second-order valence-electron chi connectivity index (χ2n) is 5.73. The van der Waals surface area contributed by atoms with Crippen molar-refractivity contribution in [2.24, 2.45) is 0 Å². The van der Waals surface area contributed by atoms with E-state index in [1.807, 2.05) is 6.07 Å². The summed E-state index contributed by atoms with van der Waals surface area (Å²) < 4.78 is 6.74. The number of nitrogens with one attached hydrogen (secondary N) is 2. The predicted molar refractivity (Wildman–Crippen MR) is 85.4 cm³/mol. The summed E-state index contributed by atoms with van der Waals surface area (Å²) in [7, 11) is 0. The van der Waals surface area contributed by atoms with Crippen LogP contribution in [-0.2, 0) is 17.8 Å². The third-order valence-corrected chi connectivity index (χ3v) is 4.61. The third kappa shape index (κ3) is 3.58. The van der Waals surface area contributed by atoms with E-state index in [0.29, 0.717) is 6.54 Å². The van der Waals surface area contributed by atoms with Crippen molar-refractivity contribution in [2.75, 3.05) is 13.2 Å². The van der Waals surface area contributed by atoms with E-state index in [2.05, 4.69) is 32.6 Å². The molecule has 5 heteroatoms. The molecule has 2 N–H and O–H groups in total. The summed E-state index contributed by atoms with van der Waals surface area (Å²) in [6.45, 7) is 2.20. The van der Waals surface area contributed by atoms with Gasteiger partial charge in [0.25, 0.3) is 0 Å². The van der Waals surface area contributed by atoms with Crippen molar-refractivity contribution in [3.63, 3.8) is 0 Å². The summed E-state index contributed by atoms with van der Waals surface area (Å²) >= 11 is 3.53. The summed E-state index contributed by atoms with van der Waals surface area (Å²) in [5.74, 6) is 1.05. The molecule has 0 saturated carbocycles. The minimum absolute atomic E-state index is 0.0476. The van der Waals surface area contributed by atoms with Crippen LogP contribution in [0.5, 0.6) is 5.75 Å². The highest BCUT2D eigenvalue weighted by Crippen LogP contribution is 2.32. The van der Waals surface area contributed by atoms with Gasteiger partial charge in [0.05, 0.1) is 12.6 Å². The first-order valence-electron chi connectivity index (χ1n) is 7.69. The van der Waals surface area contributed by atoms with Crippen LogP contribution in [0.3, 0.4) is 0 Å². The Morgan fingerprint density at radius 3 is 3.19 bits per heavy atom. The Hall–Kier alpha value is -1.07. The molecule has 21 heavy (non-hydrogen) atoms. The van der Waals surface area contributed by atoms with Crippen molar-refractivity contribution in [3.8, 4) is 5.75 Å². The number of benzene rings is 1. The van der Waals surface area contributed by atoms with Crippen LogP contribution in [-0.4, -0.2) is 25.1 Å². The SMILES string of the molecule is O=C(NCc1cc(Br)cc2c1OCC2)C1CCCCCN1. The topological polar surface area (TPSA) is 50.4 Å². The van der Waals surface area contributed by atoms with E-state index in [1.165, 1.54) is 12.0 Å². The first-order valence-corrected chi connectivity index (χ1v) is 8.48. The number of rotatable bonds is 3. The van der Waals surface area contributed by atoms with E-state index in [4.69, 9.17) is 4.74 Å². The highest BCUT2D eigenvalue weighted by Gasteiger charge is 2.21. The molecule has 3 rings (SSSR count). The number of ether oxygens (including phenoxy) is 1. The minimum Gasteiger partial charge on any atom is -0.493 e. The maximum atomic E-state index is 12.3. The number of halogens is 1. The Balaban J connectivity index is 1.63. The van der Waals surface area contributed by atoms with Crippen molar-refractivity contribution in [1.29, 1.82) is 0 Å². The van der Waals surface area contributed by atoms with Gasteiger partial charge in [-0.15, -0.1) is 0 Å². The highest BCUT2D eigenvalue weighted by molar-refractivity contribution is 9.10. The Morgan fingerprint density at radius 1 is 1.38 bits per heavy atom. The molecule has 1 amide bonds. The molecule has 1 unspecified atom stereocenters. The Kier molecular flexibility index (Phi) is 4.80. The Labute approximate surface area is 133 Å². The Morgan fingerprint density at radius 2 is 2.29 bits per heavy atom. The quantitative estimate of drug-likeness (QED) is 0.878. The maximum absolute atomic E-state index is 12.3. The minimum atomic E-state index is -0.0476.